The predicted octanol–water partition coefficient (Wildman–Crippen LogP) is 4.36. The van der Waals surface area contributed by atoms with Gasteiger partial charge in [-0.25, -0.2) is 4.79 Å². The van der Waals surface area contributed by atoms with Crippen molar-refractivity contribution in [3.63, 3.8) is 0 Å². The molecule has 0 fully saturated rings. The van der Waals surface area contributed by atoms with Gasteiger partial charge in [-0.15, -0.1) is 11.3 Å². The zero-order valence-corrected chi connectivity index (χ0v) is 12.8. The third-order valence-corrected chi connectivity index (χ3v) is 4.03. The Hall–Kier alpha value is -1.81. The maximum atomic E-state index is 10.9. The molecule has 1 aromatic carbocycles. The number of carboxylic acid groups (broad SMARTS) is 1. The Morgan fingerprint density at radius 1 is 1.30 bits per heavy atom. The van der Waals surface area contributed by atoms with Gasteiger partial charge in [-0.1, -0.05) is 39.0 Å². The van der Waals surface area contributed by atoms with Crippen molar-refractivity contribution in [2.45, 2.75) is 32.7 Å². The number of anilines is 1. The smallest absolute Gasteiger partial charge is 0.336 e. The molecule has 3 nitrogen and oxygen atoms in total. The number of carboxylic acids is 1. The molecule has 0 bridgehead atoms. The summed E-state index contributed by atoms with van der Waals surface area (Å²) in [5.74, 6) is -0.873. The first kappa shape index (κ1) is 14.6. The van der Waals surface area contributed by atoms with Gasteiger partial charge in [0.2, 0.25) is 0 Å². The number of hydrogen-bond donors (Lipinski definition) is 2. The van der Waals surface area contributed by atoms with Crippen LogP contribution >= 0.6 is 11.3 Å². The van der Waals surface area contributed by atoms with Crippen LogP contribution in [0.5, 0.6) is 0 Å². The largest absolute Gasteiger partial charge is 0.478 e. The number of nitrogens with one attached hydrogen (secondary N) is 1. The summed E-state index contributed by atoms with van der Waals surface area (Å²) in [6, 6.07) is 9.96. The Morgan fingerprint density at radius 2 is 2.00 bits per heavy atom. The molecule has 0 atom stereocenters. The standard InChI is InChI=1S/C16H19NO2S/c1-16(2,3)13-6-4-5-7-14(13)17-9-12-8-11(10-20-12)15(18)19/h4-8,10,17H,9H2,1-3H3,(H,18,19). The third kappa shape index (κ3) is 3.39. The molecule has 2 rings (SSSR count). The summed E-state index contributed by atoms with van der Waals surface area (Å²) in [4.78, 5) is 11.9. The lowest BCUT2D eigenvalue weighted by atomic mass is 9.86. The van der Waals surface area contributed by atoms with Crippen LogP contribution in [0, 0.1) is 0 Å². The second-order valence-electron chi connectivity index (χ2n) is 5.76. The van der Waals surface area contributed by atoms with Crippen LogP contribution < -0.4 is 5.32 Å². The van der Waals surface area contributed by atoms with Crippen LogP contribution in [0.2, 0.25) is 0 Å². The summed E-state index contributed by atoms with van der Waals surface area (Å²) in [7, 11) is 0. The van der Waals surface area contributed by atoms with Crippen molar-refractivity contribution < 1.29 is 9.90 Å². The molecule has 0 unspecified atom stereocenters. The van der Waals surface area contributed by atoms with E-state index >= 15 is 0 Å². The SMILES string of the molecule is CC(C)(C)c1ccccc1NCc1cc(C(=O)O)cs1. The molecular weight excluding hydrogens is 270 g/mol. The lowest BCUT2D eigenvalue weighted by molar-refractivity contribution is 0.0697. The van der Waals surface area contributed by atoms with E-state index in [1.165, 1.54) is 16.9 Å². The molecule has 20 heavy (non-hydrogen) atoms. The number of para-hydroxylation sites is 1. The minimum atomic E-state index is -0.873. The first-order valence-electron chi connectivity index (χ1n) is 6.52. The Balaban J connectivity index is 2.13. The molecule has 0 aliphatic rings. The Kier molecular flexibility index (Phi) is 4.14. The second-order valence-corrected chi connectivity index (χ2v) is 6.75. The van der Waals surface area contributed by atoms with Crippen LogP contribution in [0.15, 0.2) is 35.7 Å². The topological polar surface area (TPSA) is 49.3 Å². The summed E-state index contributed by atoms with van der Waals surface area (Å²) >= 11 is 1.47. The first-order valence-corrected chi connectivity index (χ1v) is 7.40. The van der Waals surface area contributed by atoms with Gasteiger partial charge in [0, 0.05) is 22.5 Å². The maximum Gasteiger partial charge on any atom is 0.336 e. The van der Waals surface area contributed by atoms with Gasteiger partial charge in [-0.2, -0.15) is 0 Å². The minimum absolute atomic E-state index is 0.0747. The van der Waals surface area contributed by atoms with E-state index in [2.05, 4.69) is 38.2 Å². The van der Waals surface area contributed by atoms with Gasteiger partial charge in [0.05, 0.1) is 5.56 Å². The average Bonchev–Trinajstić information content (AvgIpc) is 2.84. The van der Waals surface area contributed by atoms with E-state index in [-0.39, 0.29) is 5.41 Å². The molecule has 2 N–H and O–H groups in total. The molecule has 4 heteroatoms. The van der Waals surface area contributed by atoms with Crippen molar-refractivity contribution in [1.82, 2.24) is 0 Å². The van der Waals surface area contributed by atoms with Crippen molar-refractivity contribution in [3.05, 3.63) is 51.7 Å². The fraction of sp³-hybridized carbons (Fsp3) is 0.312. The van der Waals surface area contributed by atoms with E-state index in [0.29, 0.717) is 12.1 Å². The molecule has 0 saturated heterocycles. The number of carbonyl (C=O) groups is 1. The van der Waals surface area contributed by atoms with Crippen molar-refractivity contribution in [2.75, 3.05) is 5.32 Å². The van der Waals surface area contributed by atoms with Gasteiger partial charge in [-0.05, 0) is 23.1 Å². The molecule has 1 aromatic heterocycles. The van der Waals surface area contributed by atoms with Gasteiger partial charge in [0.15, 0.2) is 0 Å². The average molecular weight is 289 g/mol. The quantitative estimate of drug-likeness (QED) is 0.879. The van der Waals surface area contributed by atoms with Crippen LogP contribution in [-0.4, -0.2) is 11.1 Å². The van der Waals surface area contributed by atoms with Crippen LogP contribution in [0.25, 0.3) is 0 Å². The molecular formula is C16H19NO2S. The van der Waals surface area contributed by atoms with Gasteiger partial charge in [0.25, 0.3) is 0 Å². The summed E-state index contributed by atoms with van der Waals surface area (Å²) in [6.45, 7) is 7.19. The predicted molar refractivity (Wildman–Crippen MR) is 83.7 cm³/mol. The zero-order valence-electron chi connectivity index (χ0n) is 11.9. The summed E-state index contributed by atoms with van der Waals surface area (Å²) < 4.78 is 0. The normalized spacial score (nSPS) is 11.3. The Morgan fingerprint density at radius 3 is 2.60 bits per heavy atom. The van der Waals surface area contributed by atoms with Crippen LogP contribution in [0.1, 0.15) is 41.6 Å². The number of hydrogen-bond acceptors (Lipinski definition) is 3. The van der Waals surface area contributed by atoms with Crippen LogP contribution in [0.4, 0.5) is 5.69 Å². The Bertz CT molecular complexity index is 611. The number of thiophene rings is 1. The molecule has 0 aliphatic heterocycles. The summed E-state index contributed by atoms with van der Waals surface area (Å²) in [6.07, 6.45) is 0. The highest BCUT2D eigenvalue weighted by Crippen LogP contribution is 2.29. The molecule has 106 valence electrons. The lowest BCUT2D eigenvalue weighted by Gasteiger charge is -2.23. The van der Waals surface area contributed by atoms with E-state index in [1.807, 2.05) is 12.1 Å². The van der Waals surface area contributed by atoms with Crippen molar-refractivity contribution in [1.29, 1.82) is 0 Å². The van der Waals surface area contributed by atoms with Gasteiger partial charge >= 0.3 is 5.97 Å². The van der Waals surface area contributed by atoms with Crippen molar-refractivity contribution >= 4 is 23.0 Å². The van der Waals surface area contributed by atoms with E-state index in [0.717, 1.165) is 10.6 Å². The van der Waals surface area contributed by atoms with Gasteiger partial charge < -0.3 is 10.4 Å². The van der Waals surface area contributed by atoms with E-state index < -0.39 is 5.97 Å². The first-order chi connectivity index (χ1) is 9.38. The van der Waals surface area contributed by atoms with Crippen molar-refractivity contribution in [3.8, 4) is 0 Å². The zero-order chi connectivity index (χ0) is 14.8. The molecule has 0 amide bonds. The molecule has 2 aromatic rings. The fourth-order valence-corrected chi connectivity index (χ4v) is 2.86. The number of aromatic carboxylic acids is 1. The monoisotopic (exact) mass is 289 g/mol. The summed E-state index contributed by atoms with van der Waals surface area (Å²) in [5.41, 5.74) is 2.79. The van der Waals surface area contributed by atoms with E-state index in [1.54, 1.807) is 11.4 Å². The van der Waals surface area contributed by atoms with E-state index in [9.17, 15) is 4.79 Å². The molecule has 0 radical (unpaired) electrons. The maximum absolute atomic E-state index is 10.9. The Labute approximate surface area is 123 Å². The third-order valence-electron chi connectivity index (χ3n) is 3.09. The minimum Gasteiger partial charge on any atom is -0.478 e. The molecule has 0 saturated carbocycles. The fourth-order valence-electron chi connectivity index (χ4n) is 2.06. The molecule has 0 aliphatic carbocycles. The highest BCUT2D eigenvalue weighted by atomic mass is 32.1. The molecule has 1 heterocycles. The summed E-state index contributed by atoms with van der Waals surface area (Å²) in [5, 5.41) is 14.0. The van der Waals surface area contributed by atoms with Crippen LogP contribution in [-0.2, 0) is 12.0 Å². The van der Waals surface area contributed by atoms with E-state index in [4.69, 9.17) is 5.11 Å². The lowest BCUT2D eigenvalue weighted by Crippen LogP contribution is -2.14. The number of benzene rings is 1. The molecule has 0 spiro atoms. The van der Waals surface area contributed by atoms with Crippen molar-refractivity contribution in [2.24, 2.45) is 0 Å². The van der Waals surface area contributed by atoms with Gasteiger partial charge in [-0.3, -0.25) is 0 Å². The number of rotatable bonds is 4. The highest BCUT2D eigenvalue weighted by Gasteiger charge is 2.17. The highest BCUT2D eigenvalue weighted by molar-refractivity contribution is 7.10. The van der Waals surface area contributed by atoms with Gasteiger partial charge in [0.1, 0.15) is 0 Å². The second kappa shape index (κ2) is 5.67. The van der Waals surface area contributed by atoms with Crippen LogP contribution in [0.3, 0.4) is 0 Å².